The Bertz CT molecular complexity index is 3810. The number of anilines is 3. The van der Waals surface area contributed by atoms with E-state index in [1.807, 2.05) is 0 Å². The SMILES string of the molecule is CC12CC=CC=C1C1=C(C=CCC1c1ccc(N(c3ccc4c(c3)C3(c5ccccc5-c5ccccc53)c3ccccc3-4)c3ccccc3-c3cccc4c3-c3c(C(C)(C)C)cc(C(C)(C)C)cc3C4(C)C)cc1)O2. The smallest absolute Gasteiger partial charge is 0.135 e. The van der Waals surface area contributed by atoms with Crippen molar-refractivity contribution in [1.29, 1.82) is 0 Å². The van der Waals surface area contributed by atoms with Crippen molar-refractivity contribution in [1.82, 2.24) is 0 Å². The van der Waals surface area contributed by atoms with Crippen molar-refractivity contribution >= 4 is 17.1 Å². The van der Waals surface area contributed by atoms with E-state index in [4.69, 9.17) is 4.74 Å². The summed E-state index contributed by atoms with van der Waals surface area (Å²) < 4.78 is 6.76. The predicted octanol–water partition coefficient (Wildman–Crippen LogP) is 19.0. The van der Waals surface area contributed by atoms with Crippen LogP contribution < -0.4 is 4.90 Å². The minimum absolute atomic E-state index is 0.00666. The van der Waals surface area contributed by atoms with Crippen LogP contribution in [0.4, 0.5) is 17.1 Å². The van der Waals surface area contributed by atoms with Crippen LogP contribution in [0.3, 0.4) is 0 Å². The highest BCUT2D eigenvalue weighted by Gasteiger charge is 2.52. The first-order valence-corrected chi connectivity index (χ1v) is 27.3. The van der Waals surface area contributed by atoms with E-state index >= 15 is 0 Å². The van der Waals surface area contributed by atoms with Gasteiger partial charge in [0.1, 0.15) is 11.4 Å². The van der Waals surface area contributed by atoms with Gasteiger partial charge in [-0.15, -0.1) is 0 Å². The first kappa shape index (κ1) is 45.9. The molecule has 0 saturated heterocycles. The summed E-state index contributed by atoms with van der Waals surface area (Å²) >= 11 is 0. The van der Waals surface area contributed by atoms with Gasteiger partial charge in [0.15, 0.2) is 0 Å². The second kappa shape index (κ2) is 15.9. The van der Waals surface area contributed by atoms with Crippen LogP contribution in [0.15, 0.2) is 217 Å². The van der Waals surface area contributed by atoms with Crippen molar-refractivity contribution < 1.29 is 4.74 Å². The normalized spacial score (nSPS) is 19.6. The van der Waals surface area contributed by atoms with E-state index in [1.54, 1.807) is 0 Å². The molecule has 1 heterocycles. The number of rotatable bonds is 5. The molecule has 75 heavy (non-hydrogen) atoms. The van der Waals surface area contributed by atoms with Crippen molar-refractivity contribution in [3.63, 3.8) is 0 Å². The maximum atomic E-state index is 6.76. The number of benzene rings is 8. The second-order valence-electron chi connectivity index (χ2n) is 24.9. The third-order valence-corrected chi connectivity index (χ3v) is 18.1. The van der Waals surface area contributed by atoms with Gasteiger partial charge in [0.2, 0.25) is 0 Å². The fraction of sp³-hybridized carbons (Fsp3) is 0.233. The lowest BCUT2D eigenvalue weighted by molar-refractivity contribution is 0.0802. The molecule has 1 spiro atoms. The Morgan fingerprint density at radius 3 is 1.75 bits per heavy atom. The lowest BCUT2D eigenvalue weighted by atomic mass is 9.70. The van der Waals surface area contributed by atoms with Crippen molar-refractivity contribution in [2.75, 3.05) is 4.90 Å². The highest BCUT2D eigenvalue weighted by Crippen LogP contribution is 2.64. The highest BCUT2D eigenvalue weighted by atomic mass is 16.5. The van der Waals surface area contributed by atoms with Gasteiger partial charge in [-0.05, 0) is 150 Å². The van der Waals surface area contributed by atoms with E-state index < -0.39 is 5.41 Å². The number of hydrogen-bond donors (Lipinski definition) is 0. The molecule has 6 aliphatic rings. The van der Waals surface area contributed by atoms with E-state index in [9.17, 15) is 0 Å². The highest BCUT2D eigenvalue weighted by molar-refractivity contribution is 6.01. The summed E-state index contributed by atoms with van der Waals surface area (Å²) in [5.74, 6) is 1.22. The monoisotopic (exact) mass is 972 g/mol. The molecule has 1 aliphatic heterocycles. The van der Waals surface area contributed by atoms with Crippen molar-refractivity contribution in [2.45, 2.75) is 108 Å². The van der Waals surface area contributed by atoms with E-state index in [-0.39, 0.29) is 27.8 Å². The first-order valence-electron chi connectivity index (χ1n) is 27.3. The Kier molecular flexibility index (Phi) is 9.74. The van der Waals surface area contributed by atoms with Crippen molar-refractivity contribution in [3.05, 3.63) is 267 Å². The molecule has 2 atom stereocenters. The van der Waals surface area contributed by atoms with Gasteiger partial charge in [-0.1, -0.05) is 219 Å². The molecule has 0 fully saturated rings. The van der Waals surface area contributed by atoms with Crippen LogP contribution >= 0.6 is 0 Å². The minimum atomic E-state index is -0.476. The predicted molar refractivity (Wildman–Crippen MR) is 313 cm³/mol. The maximum Gasteiger partial charge on any atom is 0.135 e. The fourth-order valence-corrected chi connectivity index (χ4v) is 14.4. The molecule has 2 unspecified atom stereocenters. The molecule has 8 aromatic carbocycles. The molecule has 5 aliphatic carbocycles. The van der Waals surface area contributed by atoms with Crippen molar-refractivity contribution in [3.8, 4) is 44.5 Å². The molecule has 0 bridgehead atoms. The summed E-state index contributed by atoms with van der Waals surface area (Å²) in [5.41, 5.74) is 27.7. The topological polar surface area (TPSA) is 12.5 Å². The average Bonchev–Trinajstić information content (AvgIpc) is 4.15. The third kappa shape index (κ3) is 6.45. The summed E-state index contributed by atoms with van der Waals surface area (Å²) in [6.45, 7) is 21.4. The zero-order valence-corrected chi connectivity index (χ0v) is 44.9. The zero-order chi connectivity index (χ0) is 51.4. The van der Waals surface area contributed by atoms with Gasteiger partial charge in [-0.2, -0.15) is 0 Å². The molecule has 0 saturated carbocycles. The molecule has 2 nitrogen and oxygen atoms in total. The molecule has 8 aromatic rings. The molecular formula is C73H65NO. The van der Waals surface area contributed by atoms with Crippen LogP contribution in [-0.2, 0) is 26.4 Å². The molecule has 368 valence electrons. The quantitative estimate of drug-likeness (QED) is 0.170. The van der Waals surface area contributed by atoms with Gasteiger partial charge < -0.3 is 9.64 Å². The summed E-state index contributed by atoms with van der Waals surface area (Å²) in [7, 11) is 0. The summed E-state index contributed by atoms with van der Waals surface area (Å²) in [6, 6.07) is 65.7. The van der Waals surface area contributed by atoms with Crippen LogP contribution in [-0.4, -0.2) is 5.60 Å². The summed E-state index contributed by atoms with van der Waals surface area (Å²) in [6.07, 6.45) is 13.1. The standard InChI is InChI=1S/C73H65NO/c1-69(2,3)46-42-62(70(4,5)6)68-63(43-46)71(7,8)59-32-20-27-55(67(59)68)54-25-13-17-33-64(54)74(47-37-35-45(36-38-47)49-26-21-34-65-66(49)60-31-18-19-41-72(60,9)75-65)48-39-40-53-52-24-12-16-30-58(52)73(61(53)44-48)56-28-14-10-22-50(56)51-23-11-15-29-57(51)73/h10-25,27-40,42-44,49H,26,41H2,1-9H3. The van der Waals surface area contributed by atoms with Gasteiger partial charge in [0.25, 0.3) is 0 Å². The van der Waals surface area contributed by atoms with E-state index in [2.05, 4.69) is 267 Å². The van der Waals surface area contributed by atoms with Gasteiger partial charge in [-0.3, -0.25) is 0 Å². The number of allylic oxidation sites excluding steroid dienone is 4. The molecule has 0 N–H and O–H groups in total. The summed E-state index contributed by atoms with van der Waals surface area (Å²) in [4.78, 5) is 2.56. The largest absolute Gasteiger partial charge is 0.482 e. The maximum absolute atomic E-state index is 6.76. The van der Waals surface area contributed by atoms with Crippen LogP contribution in [0.25, 0.3) is 44.5 Å². The second-order valence-corrected chi connectivity index (χ2v) is 24.9. The Hall–Kier alpha value is -7.68. The van der Waals surface area contributed by atoms with E-state index in [0.29, 0.717) is 0 Å². The molecule has 0 radical (unpaired) electrons. The average molecular weight is 972 g/mol. The number of para-hydroxylation sites is 1. The fourth-order valence-electron chi connectivity index (χ4n) is 14.4. The van der Waals surface area contributed by atoms with Gasteiger partial charge in [0.05, 0.1) is 11.1 Å². The number of ether oxygens (including phenoxy) is 1. The van der Waals surface area contributed by atoms with Crippen LogP contribution in [0, 0.1) is 0 Å². The van der Waals surface area contributed by atoms with Crippen LogP contribution in [0.2, 0.25) is 0 Å². The van der Waals surface area contributed by atoms with Crippen molar-refractivity contribution in [2.24, 2.45) is 0 Å². The molecular weight excluding hydrogens is 907 g/mol. The summed E-state index contributed by atoms with van der Waals surface area (Å²) in [5, 5.41) is 0. The van der Waals surface area contributed by atoms with E-state index in [1.165, 1.54) is 106 Å². The minimum Gasteiger partial charge on any atom is -0.482 e. The van der Waals surface area contributed by atoms with E-state index in [0.717, 1.165) is 35.7 Å². The van der Waals surface area contributed by atoms with Gasteiger partial charge in [-0.25, -0.2) is 0 Å². The third-order valence-electron chi connectivity index (χ3n) is 18.1. The zero-order valence-electron chi connectivity index (χ0n) is 44.9. The van der Waals surface area contributed by atoms with Crippen LogP contribution in [0.5, 0.6) is 0 Å². The molecule has 2 heteroatoms. The lowest BCUT2D eigenvalue weighted by Crippen LogP contribution is -2.27. The number of fused-ring (bicyclic) bond motifs is 15. The Labute approximate surface area is 444 Å². The number of nitrogens with zero attached hydrogens (tertiary/aromatic N) is 1. The molecule has 0 aromatic heterocycles. The Morgan fingerprint density at radius 1 is 0.507 bits per heavy atom. The Balaban J connectivity index is 1.000. The first-order chi connectivity index (χ1) is 36.1. The molecule has 14 rings (SSSR count). The Morgan fingerprint density at radius 2 is 1.09 bits per heavy atom. The van der Waals surface area contributed by atoms with Gasteiger partial charge >= 0.3 is 0 Å². The van der Waals surface area contributed by atoms with Crippen LogP contribution in [0.1, 0.15) is 131 Å². The van der Waals surface area contributed by atoms with Gasteiger partial charge in [0, 0.05) is 45.8 Å². The lowest BCUT2D eigenvalue weighted by Gasteiger charge is -2.33. The molecule has 0 amide bonds. The number of hydrogen-bond acceptors (Lipinski definition) is 2.